The smallest absolute Gasteiger partial charge is 0.227 e. The highest BCUT2D eigenvalue weighted by Gasteiger charge is 2.29. The molecule has 3 rings (SSSR count). The Morgan fingerprint density at radius 2 is 2.14 bits per heavy atom. The summed E-state index contributed by atoms with van der Waals surface area (Å²) >= 11 is 0. The number of piperidine rings is 1. The first-order valence-electron chi connectivity index (χ1n) is 9.51. The molecule has 28 heavy (non-hydrogen) atoms. The van der Waals surface area contributed by atoms with Crippen molar-refractivity contribution in [1.29, 1.82) is 0 Å². The molecule has 2 heterocycles. The number of benzene rings is 1. The largest absolute Gasteiger partial charge is 0.340 e. The topological polar surface area (TPSA) is 79.5 Å². The maximum atomic E-state index is 13.8. The van der Waals surface area contributed by atoms with Crippen molar-refractivity contribution >= 4 is 11.8 Å². The Balaban J connectivity index is 1.61. The molecule has 0 radical (unpaired) electrons. The maximum Gasteiger partial charge on any atom is 0.227 e. The molecule has 1 atom stereocenters. The van der Waals surface area contributed by atoms with Crippen molar-refractivity contribution in [2.45, 2.75) is 45.6 Å². The molecule has 2 aromatic rings. The lowest BCUT2D eigenvalue weighted by atomic mass is 10.0. The molecule has 8 heteroatoms. The standard InChI is InChI=1S/C20H25FN4O3/c1-14-22-19(23-28-14)9-11-25(15(2)26)17-7-5-10-24(13-17)20(27)12-16-6-3-4-8-18(16)21/h3-4,6,8,17H,5,7,9-13H2,1-2H3. The van der Waals surface area contributed by atoms with Gasteiger partial charge >= 0.3 is 0 Å². The molecule has 0 aliphatic carbocycles. The molecule has 150 valence electrons. The van der Waals surface area contributed by atoms with Crippen LogP contribution in [0.5, 0.6) is 0 Å². The minimum Gasteiger partial charge on any atom is -0.340 e. The Hall–Kier alpha value is -2.77. The fourth-order valence-electron chi connectivity index (χ4n) is 3.61. The molecule has 1 fully saturated rings. The van der Waals surface area contributed by atoms with E-state index < -0.39 is 0 Å². The van der Waals surface area contributed by atoms with E-state index in [1.54, 1.807) is 34.9 Å². The average molecular weight is 388 g/mol. The Morgan fingerprint density at radius 3 is 2.82 bits per heavy atom. The molecule has 0 N–H and O–H groups in total. The van der Waals surface area contributed by atoms with Crippen molar-refractivity contribution in [2.24, 2.45) is 0 Å². The minimum absolute atomic E-state index is 0.0294. The van der Waals surface area contributed by atoms with Gasteiger partial charge in [0.15, 0.2) is 5.82 Å². The Kier molecular flexibility index (Phi) is 6.38. The van der Waals surface area contributed by atoms with Crippen LogP contribution in [0.4, 0.5) is 4.39 Å². The lowest BCUT2D eigenvalue weighted by molar-refractivity contribution is -0.138. The van der Waals surface area contributed by atoms with Crippen molar-refractivity contribution in [2.75, 3.05) is 19.6 Å². The van der Waals surface area contributed by atoms with Gasteiger partial charge in [0, 0.05) is 45.9 Å². The number of amides is 2. The van der Waals surface area contributed by atoms with Gasteiger partial charge in [0.2, 0.25) is 17.7 Å². The number of carbonyl (C=O) groups excluding carboxylic acids is 2. The summed E-state index contributed by atoms with van der Waals surface area (Å²) in [5.74, 6) is 0.518. The SMILES string of the molecule is CC(=O)N(CCc1noc(C)n1)C1CCCN(C(=O)Cc2ccccc2F)C1. The predicted octanol–water partition coefficient (Wildman–Crippen LogP) is 2.14. The zero-order valence-electron chi connectivity index (χ0n) is 16.2. The molecule has 7 nitrogen and oxygen atoms in total. The number of aryl methyl sites for hydroxylation is 1. The molecule has 1 aromatic heterocycles. The highest BCUT2D eigenvalue weighted by Crippen LogP contribution is 2.18. The molecular formula is C20H25FN4O3. The number of likely N-dealkylation sites (tertiary alicyclic amines) is 1. The molecule has 1 aliphatic rings. The number of aromatic nitrogens is 2. The molecule has 1 unspecified atom stereocenters. The van der Waals surface area contributed by atoms with Crippen LogP contribution in [0, 0.1) is 12.7 Å². The van der Waals surface area contributed by atoms with Crippen LogP contribution in [0.15, 0.2) is 28.8 Å². The fourth-order valence-corrected chi connectivity index (χ4v) is 3.61. The number of hydrogen-bond acceptors (Lipinski definition) is 5. The van der Waals surface area contributed by atoms with E-state index in [2.05, 4.69) is 10.1 Å². The predicted molar refractivity (Wildman–Crippen MR) is 99.8 cm³/mol. The summed E-state index contributed by atoms with van der Waals surface area (Å²) < 4.78 is 18.8. The molecule has 0 saturated carbocycles. The van der Waals surface area contributed by atoms with Gasteiger partial charge in [0.1, 0.15) is 5.82 Å². The van der Waals surface area contributed by atoms with E-state index in [9.17, 15) is 14.0 Å². The van der Waals surface area contributed by atoms with Crippen LogP contribution in [0.1, 0.15) is 37.0 Å². The summed E-state index contributed by atoms with van der Waals surface area (Å²) in [5, 5.41) is 3.87. The summed E-state index contributed by atoms with van der Waals surface area (Å²) in [5.41, 5.74) is 0.394. The first kappa shape index (κ1) is 20.0. The van der Waals surface area contributed by atoms with E-state index in [1.165, 1.54) is 13.0 Å². The van der Waals surface area contributed by atoms with Crippen molar-refractivity contribution in [1.82, 2.24) is 19.9 Å². The third-order valence-electron chi connectivity index (χ3n) is 5.04. The van der Waals surface area contributed by atoms with Gasteiger partial charge in [-0.15, -0.1) is 0 Å². The Bertz CT molecular complexity index is 838. The van der Waals surface area contributed by atoms with Gasteiger partial charge < -0.3 is 14.3 Å². The summed E-state index contributed by atoms with van der Waals surface area (Å²) in [7, 11) is 0. The fraction of sp³-hybridized carbons (Fsp3) is 0.500. The van der Waals surface area contributed by atoms with Gasteiger partial charge in [-0.3, -0.25) is 9.59 Å². The normalized spacial score (nSPS) is 16.8. The first-order chi connectivity index (χ1) is 13.4. The third kappa shape index (κ3) is 4.94. The van der Waals surface area contributed by atoms with Gasteiger partial charge in [0.05, 0.1) is 6.42 Å². The monoisotopic (exact) mass is 388 g/mol. The van der Waals surface area contributed by atoms with Crippen LogP contribution in [0.25, 0.3) is 0 Å². The first-order valence-corrected chi connectivity index (χ1v) is 9.51. The van der Waals surface area contributed by atoms with Crippen LogP contribution in [-0.2, 0) is 22.4 Å². The van der Waals surface area contributed by atoms with Gasteiger partial charge in [-0.05, 0) is 24.5 Å². The van der Waals surface area contributed by atoms with Crippen LogP contribution in [0.3, 0.4) is 0 Å². The molecule has 0 spiro atoms. The number of rotatable bonds is 6. The number of carbonyl (C=O) groups is 2. The molecule has 1 aromatic carbocycles. The third-order valence-corrected chi connectivity index (χ3v) is 5.04. The van der Waals surface area contributed by atoms with Crippen LogP contribution in [-0.4, -0.2) is 57.4 Å². The van der Waals surface area contributed by atoms with E-state index >= 15 is 0 Å². The molecule has 2 amide bonds. The minimum atomic E-state index is -0.370. The second-order valence-electron chi connectivity index (χ2n) is 7.10. The van der Waals surface area contributed by atoms with Crippen molar-refractivity contribution in [3.05, 3.63) is 47.4 Å². The quantitative estimate of drug-likeness (QED) is 0.758. The Labute approximate surface area is 163 Å². The highest BCUT2D eigenvalue weighted by atomic mass is 19.1. The molecule has 1 saturated heterocycles. The van der Waals surface area contributed by atoms with Gasteiger partial charge in [-0.2, -0.15) is 4.98 Å². The van der Waals surface area contributed by atoms with Crippen molar-refractivity contribution < 1.29 is 18.5 Å². The van der Waals surface area contributed by atoms with Crippen molar-refractivity contribution in [3.8, 4) is 0 Å². The number of hydrogen-bond donors (Lipinski definition) is 0. The van der Waals surface area contributed by atoms with Gasteiger partial charge in [0.25, 0.3) is 0 Å². The summed E-state index contributed by atoms with van der Waals surface area (Å²) in [6, 6.07) is 6.25. The summed E-state index contributed by atoms with van der Waals surface area (Å²) in [4.78, 5) is 32.5. The van der Waals surface area contributed by atoms with E-state index in [0.717, 1.165) is 12.8 Å². The summed E-state index contributed by atoms with van der Waals surface area (Å²) in [6.07, 6.45) is 2.16. The maximum absolute atomic E-state index is 13.8. The lowest BCUT2D eigenvalue weighted by Gasteiger charge is -2.39. The van der Waals surface area contributed by atoms with Crippen LogP contribution in [0.2, 0.25) is 0 Å². The van der Waals surface area contributed by atoms with Crippen LogP contribution < -0.4 is 0 Å². The van der Waals surface area contributed by atoms with E-state index in [1.807, 2.05) is 0 Å². The van der Waals surface area contributed by atoms with Gasteiger partial charge in [-0.25, -0.2) is 4.39 Å². The average Bonchev–Trinajstić information content (AvgIpc) is 3.09. The zero-order valence-corrected chi connectivity index (χ0v) is 16.2. The zero-order chi connectivity index (χ0) is 20.1. The van der Waals surface area contributed by atoms with Crippen molar-refractivity contribution in [3.63, 3.8) is 0 Å². The second kappa shape index (κ2) is 8.95. The summed E-state index contributed by atoms with van der Waals surface area (Å²) in [6.45, 7) is 4.80. The van der Waals surface area contributed by atoms with E-state index in [0.29, 0.717) is 43.3 Å². The van der Waals surface area contributed by atoms with Gasteiger partial charge in [-0.1, -0.05) is 23.4 Å². The highest BCUT2D eigenvalue weighted by molar-refractivity contribution is 5.79. The van der Waals surface area contributed by atoms with Crippen LogP contribution >= 0.6 is 0 Å². The Morgan fingerprint density at radius 1 is 1.36 bits per heavy atom. The lowest BCUT2D eigenvalue weighted by Crippen LogP contribution is -2.52. The number of halogens is 1. The second-order valence-corrected chi connectivity index (χ2v) is 7.10. The molecule has 1 aliphatic heterocycles. The molecule has 0 bridgehead atoms. The number of nitrogens with zero attached hydrogens (tertiary/aromatic N) is 4. The molecular weight excluding hydrogens is 363 g/mol. The van der Waals surface area contributed by atoms with E-state index in [-0.39, 0.29) is 30.1 Å². The van der Waals surface area contributed by atoms with E-state index in [4.69, 9.17) is 4.52 Å².